The first kappa shape index (κ1) is 12.6. The third kappa shape index (κ3) is 1.70. The lowest BCUT2D eigenvalue weighted by atomic mass is 9.92. The van der Waals surface area contributed by atoms with Crippen LogP contribution in [0, 0.1) is 0 Å². The monoisotopic (exact) mass is 359 g/mol. The molecule has 0 amide bonds. The standard InChI is InChI=1S/C17H13N.HI/c18-10-14-7-6-13-5-4-11-2-1-3-12-8-9-15(14)17(13)16(11)12;/h1-9H,10,18H2;1H. The molecule has 2 heteroatoms. The highest BCUT2D eigenvalue weighted by Gasteiger charge is 2.09. The molecule has 0 spiro atoms. The summed E-state index contributed by atoms with van der Waals surface area (Å²) in [5.74, 6) is 0. The van der Waals surface area contributed by atoms with E-state index in [1.165, 1.54) is 37.9 Å². The Hall–Kier alpha value is -1.39. The van der Waals surface area contributed by atoms with Crippen LogP contribution >= 0.6 is 24.0 Å². The van der Waals surface area contributed by atoms with Gasteiger partial charge in [-0.25, -0.2) is 0 Å². The van der Waals surface area contributed by atoms with Gasteiger partial charge in [-0.15, -0.1) is 24.0 Å². The maximum Gasteiger partial charge on any atom is 0.0184 e. The minimum Gasteiger partial charge on any atom is -0.326 e. The average Bonchev–Trinajstić information content (AvgIpc) is 2.44. The summed E-state index contributed by atoms with van der Waals surface area (Å²) in [5, 5.41) is 7.92. The van der Waals surface area contributed by atoms with Crippen LogP contribution in [-0.4, -0.2) is 0 Å². The molecular formula is C17H14IN. The van der Waals surface area contributed by atoms with Crippen molar-refractivity contribution in [2.75, 3.05) is 0 Å². The lowest BCUT2D eigenvalue weighted by Crippen LogP contribution is -1.97. The van der Waals surface area contributed by atoms with E-state index in [-0.39, 0.29) is 24.0 Å². The number of benzene rings is 4. The summed E-state index contributed by atoms with van der Waals surface area (Å²) >= 11 is 0. The smallest absolute Gasteiger partial charge is 0.0184 e. The molecule has 0 bridgehead atoms. The van der Waals surface area contributed by atoms with Crippen molar-refractivity contribution in [1.29, 1.82) is 0 Å². The van der Waals surface area contributed by atoms with Crippen molar-refractivity contribution in [2.24, 2.45) is 5.73 Å². The van der Waals surface area contributed by atoms with Crippen LogP contribution in [0.15, 0.2) is 54.6 Å². The van der Waals surface area contributed by atoms with Crippen LogP contribution in [0.25, 0.3) is 32.3 Å². The molecule has 0 aliphatic carbocycles. The van der Waals surface area contributed by atoms with Crippen molar-refractivity contribution in [3.63, 3.8) is 0 Å². The SMILES string of the molecule is I.NCc1ccc2ccc3cccc4ccc1c2c34. The van der Waals surface area contributed by atoms with Crippen LogP contribution in [0.4, 0.5) is 0 Å². The van der Waals surface area contributed by atoms with Gasteiger partial charge >= 0.3 is 0 Å². The third-order valence-electron chi connectivity index (χ3n) is 3.84. The highest BCUT2D eigenvalue weighted by molar-refractivity contribution is 14.0. The summed E-state index contributed by atoms with van der Waals surface area (Å²) in [6.07, 6.45) is 0. The fourth-order valence-corrected chi connectivity index (χ4v) is 2.97. The van der Waals surface area contributed by atoms with E-state index >= 15 is 0 Å². The molecule has 2 N–H and O–H groups in total. The van der Waals surface area contributed by atoms with E-state index in [1.54, 1.807) is 0 Å². The first-order valence-electron chi connectivity index (χ1n) is 6.24. The van der Waals surface area contributed by atoms with E-state index in [1.807, 2.05) is 0 Å². The topological polar surface area (TPSA) is 26.0 Å². The molecule has 4 aromatic carbocycles. The maximum atomic E-state index is 5.85. The van der Waals surface area contributed by atoms with Crippen molar-refractivity contribution in [2.45, 2.75) is 6.54 Å². The number of hydrogen-bond donors (Lipinski definition) is 1. The Morgan fingerprint density at radius 2 is 1.26 bits per heavy atom. The van der Waals surface area contributed by atoms with Gasteiger partial charge in [-0.1, -0.05) is 54.6 Å². The Bertz CT molecular complexity index is 851. The van der Waals surface area contributed by atoms with Crippen LogP contribution in [0.3, 0.4) is 0 Å². The molecule has 0 radical (unpaired) electrons. The molecular weight excluding hydrogens is 345 g/mol. The van der Waals surface area contributed by atoms with E-state index in [4.69, 9.17) is 5.73 Å². The highest BCUT2D eigenvalue weighted by Crippen LogP contribution is 2.35. The quantitative estimate of drug-likeness (QED) is 0.388. The van der Waals surface area contributed by atoms with Crippen molar-refractivity contribution in [3.05, 3.63) is 60.2 Å². The van der Waals surface area contributed by atoms with E-state index in [0.29, 0.717) is 6.54 Å². The molecule has 0 unspecified atom stereocenters. The van der Waals surface area contributed by atoms with Crippen molar-refractivity contribution in [1.82, 2.24) is 0 Å². The highest BCUT2D eigenvalue weighted by atomic mass is 127. The first-order valence-corrected chi connectivity index (χ1v) is 6.24. The van der Waals surface area contributed by atoms with Crippen LogP contribution in [0.1, 0.15) is 5.56 Å². The van der Waals surface area contributed by atoms with Crippen molar-refractivity contribution < 1.29 is 0 Å². The Morgan fingerprint density at radius 1 is 0.684 bits per heavy atom. The molecule has 0 aliphatic heterocycles. The molecule has 0 aliphatic rings. The Morgan fingerprint density at radius 3 is 1.95 bits per heavy atom. The molecule has 4 rings (SSSR count). The minimum atomic E-state index is 0. The summed E-state index contributed by atoms with van der Waals surface area (Å²) in [6.45, 7) is 0.591. The van der Waals surface area contributed by atoms with Crippen LogP contribution < -0.4 is 5.73 Å². The summed E-state index contributed by atoms with van der Waals surface area (Å²) < 4.78 is 0. The van der Waals surface area contributed by atoms with E-state index in [2.05, 4.69) is 54.6 Å². The summed E-state index contributed by atoms with van der Waals surface area (Å²) in [5.41, 5.74) is 7.07. The first-order chi connectivity index (χ1) is 8.88. The number of halogens is 1. The lowest BCUT2D eigenvalue weighted by Gasteiger charge is -2.12. The molecule has 4 aromatic rings. The zero-order valence-corrected chi connectivity index (χ0v) is 12.7. The zero-order valence-electron chi connectivity index (χ0n) is 10.4. The van der Waals surface area contributed by atoms with E-state index < -0.39 is 0 Å². The predicted octanol–water partition coefficient (Wildman–Crippen LogP) is 4.66. The Balaban J connectivity index is 0.00000110. The molecule has 19 heavy (non-hydrogen) atoms. The van der Waals surface area contributed by atoms with E-state index in [0.717, 1.165) is 0 Å². The summed E-state index contributed by atoms with van der Waals surface area (Å²) in [6, 6.07) is 19.6. The van der Waals surface area contributed by atoms with Gasteiger partial charge in [0.1, 0.15) is 0 Å². The van der Waals surface area contributed by atoms with Crippen molar-refractivity contribution >= 4 is 56.3 Å². The molecule has 0 saturated carbocycles. The van der Waals surface area contributed by atoms with Gasteiger partial charge in [0.05, 0.1) is 0 Å². The summed E-state index contributed by atoms with van der Waals surface area (Å²) in [7, 11) is 0. The second kappa shape index (κ2) is 4.62. The Labute approximate surface area is 128 Å². The largest absolute Gasteiger partial charge is 0.326 e. The molecule has 0 atom stereocenters. The third-order valence-corrected chi connectivity index (χ3v) is 3.84. The molecule has 94 valence electrons. The van der Waals surface area contributed by atoms with Crippen molar-refractivity contribution in [3.8, 4) is 0 Å². The zero-order chi connectivity index (χ0) is 12.1. The summed E-state index contributed by atoms with van der Waals surface area (Å²) in [4.78, 5) is 0. The normalized spacial score (nSPS) is 11.2. The van der Waals surface area contributed by atoms with Gasteiger partial charge in [-0.2, -0.15) is 0 Å². The van der Waals surface area contributed by atoms with Gasteiger partial charge in [0.15, 0.2) is 0 Å². The number of hydrogen-bond acceptors (Lipinski definition) is 1. The van der Waals surface area contributed by atoms with Gasteiger partial charge in [0.25, 0.3) is 0 Å². The maximum absolute atomic E-state index is 5.85. The predicted molar refractivity (Wildman–Crippen MR) is 93.5 cm³/mol. The number of nitrogens with two attached hydrogens (primary N) is 1. The fraction of sp³-hybridized carbons (Fsp3) is 0.0588. The van der Waals surface area contributed by atoms with Gasteiger partial charge < -0.3 is 5.73 Å². The van der Waals surface area contributed by atoms with Crippen LogP contribution in [-0.2, 0) is 6.54 Å². The van der Waals surface area contributed by atoms with Crippen LogP contribution in [0.5, 0.6) is 0 Å². The van der Waals surface area contributed by atoms with Gasteiger partial charge in [0, 0.05) is 6.54 Å². The molecule has 0 heterocycles. The Kier molecular flexibility index (Phi) is 3.07. The van der Waals surface area contributed by atoms with Crippen LogP contribution in [0.2, 0.25) is 0 Å². The number of rotatable bonds is 1. The average molecular weight is 359 g/mol. The molecule has 1 nitrogen and oxygen atoms in total. The second-order valence-electron chi connectivity index (χ2n) is 4.78. The van der Waals surface area contributed by atoms with Gasteiger partial charge in [-0.05, 0) is 37.9 Å². The van der Waals surface area contributed by atoms with E-state index in [9.17, 15) is 0 Å². The fourth-order valence-electron chi connectivity index (χ4n) is 2.97. The van der Waals surface area contributed by atoms with Gasteiger partial charge in [0.2, 0.25) is 0 Å². The molecule has 0 saturated heterocycles. The lowest BCUT2D eigenvalue weighted by molar-refractivity contribution is 1.09. The minimum absolute atomic E-state index is 0. The van der Waals surface area contributed by atoms with Gasteiger partial charge in [-0.3, -0.25) is 0 Å². The second-order valence-corrected chi connectivity index (χ2v) is 4.78. The molecule has 0 aromatic heterocycles. The molecule has 0 fully saturated rings.